The van der Waals surface area contributed by atoms with Crippen molar-refractivity contribution in [2.45, 2.75) is 12.5 Å². The van der Waals surface area contributed by atoms with Crippen molar-refractivity contribution in [2.24, 2.45) is 5.92 Å². The van der Waals surface area contributed by atoms with Crippen molar-refractivity contribution >= 4 is 16.0 Å². The first-order chi connectivity index (χ1) is 5.88. The van der Waals surface area contributed by atoms with Crippen molar-refractivity contribution in [2.75, 3.05) is 6.26 Å². The number of carboxylic acids is 1. The first kappa shape index (κ1) is 10.2. The molecule has 0 aromatic rings. The fourth-order valence-electron chi connectivity index (χ4n) is 1.24. The van der Waals surface area contributed by atoms with E-state index < -0.39 is 21.9 Å². The number of nitrogens with one attached hydrogen (secondary N) is 1. The van der Waals surface area contributed by atoms with E-state index in [0.717, 1.165) is 6.26 Å². The van der Waals surface area contributed by atoms with Crippen molar-refractivity contribution in [3.63, 3.8) is 0 Å². The van der Waals surface area contributed by atoms with Crippen LogP contribution >= 0.6 is 0 Å². The van der Waals surface area contributed by atoms with Gasteiger partial charge >= 0.3 is 5.97 Å². The minimum Gasteiger partial charge on any atom is -0.481 e. The Morgan fingerprint density at radius 3 is 2.54 bits per heavy atom. The molecule has 0 heterocycles. The Balaban J connectivity index is 2.53. The van der Waals surface area contributed by atoms with E-state index in [4.69, 9.17) is 5.11 Å². The van der Waals surface area contributed by atoms with E-state index in [-0.39, 0.29) is 6.04 Å². The molecule has 0 bridgehead atoms. The smallest absolute Gasteiger partial charge is 0.310 e. The number of rotatable bonds is 3. The van der Waals surface area contributed by atoms with Crippen molar-refractivity contribution in [1.82, 2.24) is 4.72 Å². The molecular weight excluding hydrogens is 194 g/mol. The lowest BCUT2D eigenvalue weighted by Crippen LogP contribution is -2.32. The molecule has 2 unspecified atom stereocenters. The van der Waals surface area contributed by atoms with E-state index >= 15 is 0 Å². The van der Waals surface area contributed by atoms with Gasteiger partial charge in [0.25, 0.3) is 0 Å². The van der Waals surface area contributed by atoms with Gasteiger partial charge in [-0.3, -0.25) is 4.79 Å². The summed E-state index contributed by atoms with van der Waals surface area (Å²) in [4.78, 5) is 10.5. The lowest BCUT2D eigenvalue weighted by molar-refractivity contribution is -0.140. The highest BCUT2D eigenvalue weighted by Gasteiger charge is 2.25. The molecule has 0 saturated heterocycles. The van der Waals surface area contributed by atoms with Crippen LogP contribution in [-0.2, 0) is 14.8 Å². The quantitative estimate of drug-likeness (QED) is 0.612. The molecular formula is C7H11NO4S. The molecule has 0 amide bonds. The van der Waals surface area contributed by atoms with Crippen LogP contribution in [0.5, 0.6) is 0 Å². The van der Waals surface area contributed by atoms with Crippen molar-refractivity contribution in [3.05, 3.63) is 12.2 Å². The Morgan fingerprint density at radius 1 is 1.54 bits per heavy atom. The van der Waals surface area contributed by atoms with Crippen molar-refractivity contribution < 1.29 is 18.3 Å². The van der Waals surface area contributed by atoms with Gasteiger partial charge in [-0.05, 0) is 6.42 Å². The lowest BCUT2D eigenvalue weighted by atomic mass is 10.1. The third-order valence-electron chi connectivity index (χ3n) is 1.77. The van der Waals surface area contributed by atoms with Gasteiger partial charge in [-0.2, -0.15) is 0 Å². The molecule has 0 saturated carbocycles. The third-order valence-corrected chi connectivity index (χ3v) is 2.50. The van der Waals surface area contributed by atoms with Gasteiger partial charge in [-0.25, -0.2) is 13.1 Å². The lowest BCUT2D eigenvalue weighted by Gasteiger charge is -2.09. The van der Waals surface area contributed by atoms with E-state index in [1.807, 2.05) is 0 Å². The highest BCUT2D eigenvalue weighted by molar-refractivity contribution is 7.88. The SMILES string of the molecule is CS(=O)(=O)NC1C=CC(C(=O)O)C1. The molecule has 1 aliphatic rings. The number of aliphatic carboxylic acids is 1. The van der Waals surface area contributed by atoms with Gasteiger partial charge in [-0.1, -0.05) is 12.2 Å². The van der Waals surface area contributed by atoms with E-state index in [2.05, 4.69) is 4.72 Å². The predicted molar refractivity (Wildman–Crippen MR) is 46.7 cm³/mol. The van der Waals surface area contributed by atoms with Crippen LogP contribution in [0.1, 0.15) is 6.42 Å². The van der Waals surface area contributed by atoms with Crippen LogP contribution in [0, 0.1) is 5.92 Å². The second-order valence-corrected chi connectivity index (χ2v) is 4.84. The molecule has 0 aliphatic heterocycles. The topological polar surface area (TPSA) is 83.5 Å². The maximum Gasteiger partial charge on any atom is 0.310 e. The molecule has 2 atom stereocenters. The van der Waals surface area contributed by atoms with E-state index in [9.17, 15) is 13.2 Å². The van der Waals surface area contributed by atoms with Gasteiger partial charge < -0.3 is 5.11 Å². The highest BCUT2D eigenvalue weighted by atomic mass is 32.2. The first-order valence-corrected chi connectivity index (χ1v) is 5.66. The standard InChI is InChI=1S/C7H11NO4S/c1-13(11,12)8-6-3-2-5(4-6)7(9)10/h2-3,5-6,8H,4H2,1H3,(H,9,10). The molecule has 5 nitrogen and oxygen atoms in total. The van der Waals surface area contributed by atoms with Crippen LogP contribution < -0.4 is 4.72 Å². The Morgan fingerprint density at radius 2 is 2.15 bits per heavy atom. The molecule has 1 aliphatic carbocycles. The molecule has 0 aromatic carbocycles. The zero-order valence-electron chi connectivity index (χ0n) is 7.10. The predicted octanol–water partition coefficient (Wildman–Crippen LogP) is -0.435. The number of carboxylic acid groups (broad SMARTS) is 1. The Bertz CT molecular complexity index is 332. The molecule has 13 heavy (non-hydrogen) atoms. The molecule has 0 spiro atoms. The summed E-state index contributed by atoms with van der Waals surface area (Å²) in [5, 5.41) is 8.60. The van der Waals surface area contributed by atoms with Crippen LogP contribution in [0.4, 0.5) is 0 Å². The maximum absolute atomic E-state index is 10.8. The molecule has 0 radical (unpaired) electrons. The average molecular weight is 205 g/mol. The molecule has 1 rings (SSSR count). The van der Waals surface area contributed by atoms with Gasteiger partial charge in [0.05, 0.1) is 12.2 Å². The van der Waals surface area contributed by atoms with Crippen molar-refractivity contribution in [3.8, 4) is 0 Å². The number of hydrogen-bond donors (Lipinski definition) is 2. The van der Waals surface area contributed by atoms with Gasteiger partial charge in [-0.15, -0.1) is 0 Å². The summed E-state index contributed by atoms with van der Waals surface area (Å²) in [5.74, 6) is -1.49. The molecule has 6 heteroatoms. The average Bonchev–Trinajstić information content (AvgIpc) is 2.31. The third kappa shape index (κ3) is 3.16. The summed E-state index contributed by atoms with van der Waals surface area (Å²) < 4.78 is 23.9. The van der Waals surface area contributed by atoms with Crippen LogP contribution in [-0.4, -0.2) is 31.8 Å². The zero-order valence-corrected chi connectivity index (χ0v) is 7.91. The van der Waals surface area contributed by atoms with Gasteiger partial charge in [0, 0.05) is 6.04 Å². The van der Waals surface area contributed by atoms with Gasteiger partial charge in [0.15, 0.2) is 0 Å². The van der Waals surface area contributed by atoms with Crippen LogP contribution in [0.25, 0.3) is 0 Å². The minimum atomic E-state index is -3.25. The Kier molecular flexibility index (Phi) is 2.72. The van der Waals surface area contributed by atoms with E-state index in [1.165, 1.54) is 6.08 Å². The van der Waals surface area contributed by atoms with Gasteiger partial charge in [0.1, 0.15) is 0 Å². The van der Waals surface area contributed by atoms with Crippen LogP contribution in [0.3, 0.4) is 0 Å². The summed E-state index contributed by atoms with van der Waals surface area (Å²) in [6.07, 6.45) is 4.42. The Hall–Kier alpha value is -0.880. The second kappa shape index (κ2) is 3.47. The Labute approximate surface area is 76.5 Å². The fourth-order valence-corrected chi connectivity index (χ4v) is 1.97. The van der Waals surface area contributed by atoms with Crippen LogP contribution in [0.2, 0.25) is 0 Å². The first-order valence-electron chi connectivity index (χ1n) is 3.77. The summed E-state index contributed by atoms with van der Waals surface area (Å²) >= 11 is 0. The van der Waals surface area contributed by atoms with Gasteiger partial charge in [0.2, 0.25) is 10.0 Å². The molecule has 74 valence electrons. The normalized spacial score (nSPS) is 27.8. The summed E-state index contributed by atoms with van der Waals surface area (Å²) in [6, 6.07) is -0.379. The summed E-state index contributed by atoms with van der Waals surface area (Å²) in [5.41, 5.74) is 0. The summed E-state index contributed by atoms with van der Waals surface area (Å²) in [7, 11) is -3.25. The number of hydrogen-bond acceptors (Lipinski definition) is 3. The number of carbonyl (C=O) groups is 1. The second-order valence-electron chi connectivity index (χ2n) is 3.06. The molecule has 0 fully saturated rings. The van der Waals surface area contributed by atoms with Crippen LogP contribution in [0.15, 0.2) is 12.2 Å². The molecule has 0 aromatic heterocycles. The molecule has 2 N–H and O–H groups in total. The minimum absolute atomic E-state index is 0.294. The monoisotopic (exact) mass is 205 g/mol. The maximum atomic E-state index is 10.8. The van der Waals surface area contributed by atoms with E-state index in [0.29, 0.717) is 6.42 Å². The van der Waals surface area contributed by atoms with Crippen molar-refractivity contribution in [1.29, 1.82) is 0 Å². The summed E-state index contributed by atoms with van der Waals surface area (Å²) in [6.45, 7) is 0. The fraction of sp³-hybridized carbons (Fsp3) is 0.571. The van der Waals surface area contributed by atoms with E-state index in [1.54, 1.807) is 6.08 Å². The largest absolute Gasteiger partial charge is 0.481 e. The zero-order chi connectivity index (χ0) is 10.1. The highest BCUT2D eigenvalue weighted by Crippen LogP contribution is 2.18. The number of sulfonamides is 1.